The summed E-state index contributed by atoms with van der Waals surface area (Å²) in [5, 5.41) is 0. The first-order chi connectivity index (χ1) is 8.39. The minimum Gasteiger partial charge on any atom is -0.265 e. The highest BCUT2D eigenvalue weighted by molar-refractivity contribution is 7.76. The van der Waals surface area contributed by atoms with Gasteiger partial charge in [-0.25, -0.2) is 0 Å². The molecule has 0 aromatic heterocycles. The Bertz CT molecular complexity index is 305. The van der Waals surface area contributed by atoms with Crippen LogP contribution in [0.5, 0.6) is 0 Å². The van der Waals surface area contributed by atoms with Crippen LogP contribution < -0.4 is 0 Å². The molecule has 0 spiro atoms. The highest BCUT2D eigenvalue weighted by Crippen LogP contribution is 2.68. The van der Waals surface area contributed by atoms with Crippen LogP contribution in [0.15, 0.2) is 0 Å². The Morgan fingerprint density at radius 3 is 1.42 bits per heavy atom. The van der Waals surface area contributed by atoms with E-state index in [1.807, 2.05) is 0 Å². The van der Waals surface area contributed by atoms with E-state index in [2.05, 4.69) is 65.8 Å². The van der Waals surface area contributed by atoms with Gasteiger partial charge in [-0.3, -0.25) is 12.7 Å². The molecule has 0 saturated carbocycles. The van der Waals surface area contributed by atoms with Gasteiger partial charge in [-0.1, -0.05) is 53.1 Å². The van der Waals surface area contributed by atoms with Gasteiger partial charge in [-0.05, 0) is 0 Å². The first kappa shape index (κ1) is 18.6. The minimum atomic E-state index is -2.42. The van der Waals surface area contributed by atoms with Crippen LogP contribution >= 0.6 is 30.5 Å². The van der Waals surface area contributed by atoms with E-state index < -0.39 is 31.9 Å². The zero-order valence-electron chi connectivity index (χ0n) is 13.5. The summed E-state index contributed by atoms with van der Waals surface area (Å²) >= 11 is 13.7. The fourth-order valence-corrected chi connectivity index (χ4v) is 32.6. The van der Waals surface area contributed by atoms with Crippen molar-refractivity contribution in [1.82, 2.24) is 12.7 Å². The van der Waals surface area contributed by atoms with Crippen LogP contribution in [-0.4, -0.2) is 49.3 Å². The lowest BCUT2D eigenvalue weighted by atomic mass is 10.7. The summed E-state index contributed by atoms with van der Waals surface area (Å²) in [5.74, 6) is 0. The molecule has 0 aromatic rings. The summed E-state index contributed by atoms with van der Waals surface area (Å²) in [7, 11) is -5.83. The van der Waals surface area contributed by atoms with Crippen molar-refractivity contribution in [3.63, 3.8) is 0 Å². The Morgan fingerprint density at radius 2 is 1.21 bits per heavy atom. The van der Waals surface area contributed by atoms with E-state index in [1.165, 1.54) is 0 Å². The molecule has 1 rings (SSSR count). The van der Waals surface area contributed by atoms with Gasteiger partial charge in [0.1, 0.15) is 16.5 Å². The summed E-state index contributed by atoms with van der Waals surface area (Å²) in [6.07, 6.45) is 0. The van der Waals surface area contributed by atoms with Gasteiger partial charge in [-0.2, -0.15) is 0 Å². The number of rotatable bonds is 5. The molecule has 114 valence electrons. The van der Waals surface area contributed by atoms with Gasteiger partial charge in [0.25, 0.3) is 0 Å². The zero-order chi connectivity index (χ0) is 15.2. The number of halogens is 2. The predicted octanol–water partition coefficient (Wildman–Crippen LogP) is 4.76. The van der Waals surface area contributed by atoms with Crippen LogP contribution in [0, 0.1) is 0 Å². The van der Waals surface area contributed by atoms with Gasteiger partial charge in [0.15, 0.2) is 0 Å². The van der Waals surface area contributed by atoms with E-state index in [0.717, 1.165) is 13.1 Å². The second-order valence-corrected chi connectivity index (χ2v) is 26.4. The van der Waals surface area contributed by atoms with Gasteiger partial charge in [0, 0.05) is 13.1 Å². The summed E-state index contributed by atoms with van der Waals surface area (Å²) in [6.45, 7) is 20.8. The normalized spacial score (nSPS) is 22.9. The van der Waals surface area contributed by atoms with E-state index >= 15 is 0 Å². The molecule has 0 unspecified atom stereocenters. The van der Waals surface area contributed by atoms with Crippen molar-refractivity contribution in [2.45, 2.75) is 53.1 Å². The largest absolute Gasteiger partial charge is 0.406 e. The van der Waals surface area contributed by atoms with E-state index in [-0.39, 0.29) is 0 Å². The van der Waals surface area contributed by atoms with Crippen molar-refractivity contribution in [1.29, 1.82) is 0 Å². The van der Waals surface area contributed by atoms with Crippen LogP contribution in [-0.2, 0) is 0 Å². The summed E-state index contributed by atoms with van der Waals surface area (Å²) in [5.41, 5.74) is 0. The first-order valence-electron chi connectivity index (χ1n) is 6.92. The van der Waals surface area contributed by atoms with Crippen LogP contribution in [0.2, 0.25) is 39.3 Å². The molecular formula is C10H28Cl2N3PSi3. The molecule has 0 N–H and O–H groups in total. The molecule has 1 fully saturated rings. The third kappa shape index (κ3) is 3.48. The van der Waals surface area contributed by atoms with E-state index in [9.17, 15) is 0 Å². The van der Waals surface area contributed by atoms with Gasteiger partial charge in [-0.15, -0.1) is 22.2 Å². The van der Waals surface area contributed by atoms with E-state index in [0.29, 0.717) is 0 Å². The van der Waals surface area contributed by atoms with E-state index in [4.69, 9.17) is 22.2 Å². The molecule has 1 aliphatic heterocycles. The van der Waals surface area contributed by atoms with E-state index in [1.54, 1.807) is 0 Å². The van der Waals surface area contributed by atoms with Crippen LogP contribution in [0.3, 0.4) is 0 Å². The van der Waals surface area contributed by atoms with Gasteiger partial charge in [0.2, 0.25) is 0 Å². The molecular weight excluding hydrogens is 348 g/mol. The molecule has 0 bridgehead atoms. The standard InChI is InChI=1S/C10H28Cl2N3PSi3/c1-9-13(10-2)16-14(17(3,4)5)19(11,12)15(16)18(6,7)8/h9-10H2,1-8H3. The second-order valence-electron chi connectivity index (χ2n) is 6.88. The summed E-state index contributed by atoms with van der Waals surface area (Å²) < 4.78 is 7.68. The Morgan fingerprint density at radius 1 is 0.895 bits per heavy atom. The lowest BCUT2D eigenvalue weighted by molar-refractivity contribution is 0.461. The lowest BCUT2D eigenvalue weighted by Gasteiger charge is -2.67. The van der Waals surface area contributed by atoms with Gasteiger partial charge >= 0.3 is 7.02 Å². The highest BCUT2D eigenvalue weighted by atomic mass is 35.7. The zero-order valence-corrected chi connectivity index (χ0v) is 18.9. The molecule has 1 heterocycles. The molecule has 3 nitrogen and oxygen atoms in total. The number of hydrogen-bond donors (Lipinski definition) is 0. The molecule has 0 amide bonds. The molecule has 1 aliphatic rings. The Labute approximate surface area is 132 Å². The Kier molecular flexibility index (Phi) is 5.84. The third-order valence-electron chi connectivity index (χ3n) is 3.12. The van der Waals surface area contributed by atoms with Crippen molar-refractivity contribution in [2.24, 2.45) is 0 Å². The van der Waals surface area contributed by atoms with Crippen molar-refractivity contribution >= 4 is 54.0 Å². The average Bonchev–Trinajstić information content (AvgIpc) is 2.12. The molecule has 0 atom stereocenters. The third-order valence-corrected chi connectivity index (χ3v) is 27.1. The molecule has 9 heteroatoms. The molecule has 0 radical (unpaired) electrons. The molecule has 1 saturated heterocycles. The smallest absolute Gasteiger partial charge is 0.265 e. The first-order valence-corrected chi connectivity index (χ1v) is 18.9. The minimum absolute atomic E-state index is 0.431. The summed E-state index contributed by atoms with van der Waals surface area (Å²) in [6, 6.07) is 0. The highest BCUT2D eigenvalue weighted by Gasteiger charge is 2.68. The second kappa shape index (κ2) is 5.97. The molecule has 0 aromatic carbocycles. The quantitative estimate of drug-likeness (QED) is 0.389. The number of hydrogen-bond acceptors (Lipinski definition) is 3. The fraction of sp³-hybridized carbons (Fsp3) is 1.00. The lowest BCUT2D eigenvalue weighted by Crippen LogP contribution is -2.78. The molecule has 19 heavy (non-hydrogen) atoms. The monoisotopic (exact) mass is 375 g/mol. The van der Waals surface area contributed by atoms with Crippen molar-refractivity contribution in [3.8, 4) is 0 Å². The maximum absolute atomic E-state index is 6.87. The molecule has 0 aliphatic carbocycles. The van der Waals surface area contributed by atoms with Crippen molar-refractivity contribution < 1.29 is 0 Å². The maximum atomic E-state index is 6.87. The average molecular weight is 376 g/mol. The van der Waals surface area contributed by atoms with Gasteiger partial charge in [0.05, 0.1) is 8.37 Å². The van der Waals surface area contributed by atoms with Gasteiger partial charge < -0.3 is 0 Å². The SMILES string of the molecule is CCN(CC)P1N([Si](C)(C)C)[Si](Cl)(Cl)N1[Si](C)(C)C. The predicted molar refractivity (Wildman–Crippen MR) is 97.7 cm³/mol. The van der Waals surface area contributed by atoms with Crippen LogP contribution in [0.4, 0.5) is 0 Å². The van der Waals surface area contributed by atoms with Crippen molar-refractivity contribution in [3.05, 3.63) is 0 Å². The Hall–Kier alpha value is 1.54. The fourth-order valence-electron chi connectivity index (χ4n) is 2.43. The van der Waals surface area contributed by atoms with Crippen LogP contribution in [0.1, 0.15) is 13.8 Å². The number of nitrogens with zero attached hydrogens (tertiary/aromatic N) is 3. The Balaban J connectivity index is 3.19. The topological polar surface area (TPSA) is 9.72 Å². The maximum Gasteiger partial charge on any atom is 0.406 e. The van der Waals surface area contributed by atoms with Crippen LogP contribution in [0.25, 0.3) is 0 Å². The summed E-state index contributed by atoms with van der Waals surface area (Å²) in [4.78, 5) is 0. The van der Waals surface area contributed by atoms with Crippen molar-refractivity contribution in [2.75, 3.05) is 13.1 Å².